The summed E-state index contributed by atoms with van der Waals surface area (Å²) >= 11 is 1.91. The molecule has 0 saturated carbocycles. The SMILES string of the molecule is C[S+]([O-])c1cc(Br)ccc1F. The Kier molecular flexibility index (Phi) is 2.92. The molecule has 0 saturated heterocycles. The van der Waals surface area contributed by atoms with Crippen molar-refractivity contribution in [1.82, 2.24) is 0 Å². The molecular weight excluding hydrogens is 231 g/mol. The average molecular weight is 237 g/mol. The van der Waals surface area contributed by atoms with E-state index in [4.69, 9.17) is 0 Å². The van der Waals surface area contributed by atoms with E-state index in [1.54, 1.807) is 6.07 Å². The molecule has 0 N–H and O–H groups in total. The van der Waals surface area contributed by atoms with Gasteiger partial charge in [-0.1, -0.05) is 15.9 Å². The van der Waals surface area contributed by atoms with E-state index in [1.807, 2.05) is 0 Å². The molecule has 0 heterocycles. The molecule has 0 aliphatic rings. The van der Waals surface area contributed by atoms with E-state index in [9.17, 15) is 8.94 Å². The molecular formula is C7H6BrFOS. The van der Waals surface area contributed by atoms with Crippen molar-refractivity contribution in [2.24, 2.45) is 0 Å². The molecule has 60 valence electrons. The maximum Gasteiger partial charge on any atom is 0.189 e. The Hall–Kier alpha value is -0.0600. The molecule has 0 aliphatic carbocycles. The maximum atomic E-state index is 12.8. The summed E-state index contributed by atoms with van der Waals surface area (Å²) in [6, 6.07) is 4.39. The number of benzene rings is 1. The van der Waals surface area contributed by atoms with Gasteiger partial charge in [0.25, 0.3) is 0 Å². The van der Waals surface area contributed by atoms with Crippen LogP contribution < -0.4 is 0 Å². The number of rotatable bonds is 1. The van der Waals surface area contributed by atoms with E-state index < -0.39 is 17.0 Å². The molecule has 0 radical (unpaired) electrons. The van der Waals surface area contributed by atoms with Crippen LogP contribution in [0, 0.1) is 5.82 Å². The minimum absolute atomic E-state index is 0.236. The third-order valence-corrected chi connectivity index (χ3v) is 2.63. The standard InChI is InChI=1S/C7H6BrFOS/c1-11(10)7-4-5(8)2-3-6(7)9/h2-4H,1H3. The first-order valence-electron chi connectivity index (χ1n) is 2.90. The van der Waals surface area contributed by atoms with Crippen LogP contribution in [0.5, 0.6) is 0 Å². The lowest BCUT2D eigenvalue weighted by Crippen LogP contribution is -2.00. The zero-order valence-electron chi connectivity index (χ0n) is 5.80. The van der Waals surface area contributed by atoms with Gasteiger partial charge in [0.1, 0.15) is 6.26 Å². The molecule has 0 amide bonds. The second-order valence-corrected chi connectivity index (χ2v) is 4.29. The topological polar surface area (TPSA) is 23.1 Å². The van der Waals surface area contributed by atoms with Crippen LogP contribution >= 0.6 is 15.9 Å². The van der Waals surface area contributed by atoms with Gasteiger partial charge in [0, 0.05) is 10.5 Å². The zero-order chi connectivity index (χ0) is 8.43. The Morgan fingerprint density at radius 3 is 2.64 bits per heavy atom. The van der Waals surface area contributed by atoms with Gasteiger partial charge in [-0.3, -0.25) is 0 Å². The Morgan fingerprint density at radius 2 is 2.18 bits per heavy atom. The fraction of sp³-hybridized carbons (Fsp3) is 0.143. The first-order chi connectivity index (χ1) is 5.11. The summed E-state index contributed by atoms with van der Waals surface area (Å²) in [6.07, 6.45) is 1.45. The van der Waals surface area contributed by atoms with Gasteiger partial charge in [0.15, 0.2) is 10.7 Å². The van der Waals surface area contributed by atoms with Gasteiger partial charge in [-0.05, 0) is 23.3 Å². The van der Waals surface area contributed by atoms with E-state index in [0.29, 0.717) is 0 Å². The minimum atomic E-state index is -1.26. The Bertz CT molecular complexity index is 265. The van der Waals surface area contributed by atoms with Crippen LogP contribution in [-0.4, -0.2) is 10.8 Å². The average Bonchev–Trinajstić information content (AvgIpc) is 1.94. The van der Waals surface area contributed by atoms with Crippen LogP contribution in [-0.2, 0) is 11.2 Å². The van der Waals surface area contributed by atoms with Gasteiger partial charge in [-0.15, -0.1) is 0 Å². The first kappa shape index (κ1) is 9.03. The molecule has 1 aromatic rings. The summed E-state index contributed by atoms with van der Waals surface area (Å²) in [7, 11) is 0. The first-order valence-corrected chi connectivity index (χ1v) is 5.25. The number of hydrogen-bond donors (Lipinski definition) is 0. The van der Waals surface area contributed by atoms with Gasteiger partial charge in [-0.2, -0.15) is 0 Å². The zero-order valence-corrected chi connectivity index (χ0v) is 8.21. The predicted molar refractivity (Wildman–Crippen MR) is 46.4 cm³/mol. The van der Waals surface area contributed by atoms with Gasteiger partial charge in [-0.25, -0.2) is 4.39 Å². The van der Waals surface area contributed by atoms with E-state index in [2.05, 4.69) is 15.9 Å². The van der Waals surface area contributed by atoms with Gasteiger partial charge >= 0.3 is 0 Å². The predicted octanol–water partition coefficient (Wildman–Crippen LogP) is 2.33. The van der Waals surface area contributed by atoms with Crippen molar-refractivity contribution in [2.45, 2.75) is 4.90 Å². The monoisotopic (exact) mass is 236 g/mol. The highest BCUT2D eigenvalue weighted by molar-refractivity contribution is 9.10. The highest BCUT2D eigenvalue weighted by Gasteiger charge is 2.11. The van der Waals surface area contributed by atoms with Crippen molar-refractivity contribution in [3.63, 3.8) is 0 Å². The van der Waals surface area contributed by atoms with Gasteiger partial charge < -0.3 is 4.55 Å². The van der Waals surface area contributed by atoms with E-state index >= 15 is 0 Å². The van der Waals surface area contributed by atoms with Crippen molar-refractivity contribution >= 4 is 27.1 Å². The number of hydrogen-bond acceptors (Lipinski definition) is 1. The summed E-state index contributed by atoms with van der Waals surface area (Å²) in [4.78, 5) is 0.236. The lowest BCUT2D eigenvalue weighted by atomic mass is 10.3. The molecule has 1 atom stereocenters. The highest BCUT2D eigenvalue weighted by Crippen LogP contribution is 2.19. The van der Waals surface area contributed by atoms with Crippen LogP contribution in [0.1, 0.15) is 0 Å². The quantitative estimate of drug-likeness (QED) is 0.687. The Balaban J connectivity index is 3.13. The molecule has 1 rings (SSSR count). The van der Waals surface area contributed by atoms with E-state index in [0.717, 1.165) is 4.47 Å². The molecule has 11 heavy (non-hydrogen) atoms. The van der Waals surface area contributed by atoms with Crippen molar-refractivity contribution < 1.29 is 8.94 Å². The molecule has 0 aromatic heterocycles. The molecule has 1 nitrogen and oxygen atoms in total. The molecule has 0 fully saturated rings. The molecule has 4 heteroatoms. The largest absolute Gasteiger partial charge is 0.612 e. The highest BCUT2D eigenvalue weighted by atomic mass is 79.9. The van der Waals surface area contributed by atoms with Crippen molar-refractivity contribution in [3.05, 3.63) is 28.5 Å². The second-order valence-electron chi connectivity index (χ2n) is 2.03. The van der Waals surface area contributed by atoms with Crippen LogP contribution in [0.2, 0.25) is 0 Å². The summed E-state index contributed by atoms with van der Waals surface area (Å²) in [6.45, 7) is 0. The molecule has 0 spiro atoms. The summed E-state index contributed by atoms with van der Waals surface area (Å²) < 4.78 is 24.4. The van der Waals surface area contributed by atoms with Crippen LogP contribution in [0.3, 0.4) is 0 Å². The second kappa shape index (κ2) is 3.56. The summed E-state index contributed by atoms with van der Waals surface area (Å²) in [5.41, 5.74) is 0. The molecule has 1 aromatic carbocycles. The fourth-order valence-corrected chi connectivity index (χ4v) is 1.85. The summed E-state index contributed by atoms with van der Waals surface area (Å²) in [5.74, 6) is -0.422. The van der Waals surface area contributed by atoms with Crippen molar-refractivity contribution in [3.8, 4) is 0 Å². The molecule has 0 aliphatic heterocycles. The van der Waals surface area contributed by atoms with Crippen LogP contribution in [0.15, 0.2) is 27.6 Å². The van der Waals surface area contributed by atoms with E-state index in [-0.39, 0.29) is 4.90 Å². The van der Waals surface area contributed by atoms with Gasteiger partial charge in [0.2, 0.25) is 0 Å². The smallest absolute Gasteiger partial charge is 0.189 e. The Morgan fingerprint density at radius 1 is 1.55 bits per heavy atom. The minimum Gasteiger partial charge on any atom is -0.612 e. The number of halogens is 2. The van der Waals surface area contributed by atoms with Crippen molar-refractivity contribution in [2.75, 3.05) is 6.26 Å². The lowest BCUT2D eigenvalue weighted by molar-refractivity contribution is 0.569. The maximum absolute atomic E-state index is 12.8. The third-order valence-electron chi connectivity index (χ3n) is 1.20. The van der Waals surface area contributed by atoms with E-state index in [1.165, 1.54) is 18.4 Å². The fourth-order valence-electron chi connectivity index (χ4n) is 0.697. The van der Waals surface area contributed by atoms with Crippen molar-refractivity contribution in [1.29, 1.82) is 0 Å². The van der Waals surface area contributed by atoms with Crippen LogP contribution in [0.25, 0.3) is 0 Å². The Labute approximate surface area is 75.9 Å². The molecule has 0 bridgehead atoms. The van der Waals surface area contributed by atoms with Gasteiger partial charge in [0.05, 0.1) is 0 Å². The van der Waals surface area contributed by atoms with Crippen LogP contribution in [0.4, 0.5) is 4.39 Å². The lowest BCUT2D eigenvalue weighted by Gasteiger charge is -2.04. The third kappa shape index (κ3) is 2.18. The normalized spacial score (nSPS) is 13.1. The summed E-state index contributed by atoms with van der Waals surface area (Å²) in [5, 5.41) is 0. The molecule has 1 unspecified atom stereocenters.